The largest absolute Gasteiger partial charge is 0.330 e. The zero-order chi connectivity index (χ0) is 14.5. The molecule has 1 amide bonds. The molecule has 0 atom stereocenters. The summed E-state index contributed by atoms with van der Waals surface area (Å²) in [5, 5.41) is 2.59. The zero-order valence-electron chi connectivity index (χ0n) is 10.8. The molecule has 0 saturated heterocycles. The van der Waals surface area contributed by atoms with Crippen LogP contribution in [0.2, 0.25) is 0 Å². The van der Waals surface area contributed by atoms with Crippen LogP contribution in [0.5, 0.6) is 0 Å². The Morgan fingerprint density at radius 3 is 2.55 bits per heavy atom. The fraction of sp³-hybridized carbons (Fsp3) is 0.364. The summed E-state index contributed by atoms with van der Waals surface area (Å²) in [4.78, 5) is 11.1. The predicted molar refractivity (Wildman–Crippen MR) is 84.6 cm³/mol. The number of amides is 1. The van der Waals surface area contributed by atoms with Crippen LogP contribution in [0.4, 0.5) is 5.69 Å². The van der Waals surface area contributed by atoms with Crippen LogP contribution in [-0.4, -0.2) is 27.4 Å². The summed E-state index contributed by atoms with van der Waals surface area (Å²) in [6.45, 7) is 2.10. The first-order valence-electron chi connectivity index (χ1n) is 5.63. The fourth-order valence-corrected chi connectivity index (χ4v) is 3.08. The monoisotopic (exact) mass is 385 g/mol. The third-order valence-corrected chi connectivity index (χ3v) is 4.35. The highest BCUT2D eigenvalue weighted by molar-refractivity contribution is 9.10. The minimum atomic E-state index is -3.55. The Hall–Kier alpha value is -0.670. The van der Waals surface area contributed by atoms with Gasteiger partial charge < -0.3 is 11.1 Å². The van der Waals surface area contributed by atoms with Crippen molar-refractivity contribution in [3.8, 4) is 0 Å². The second-order valence-electron chi connectivity index (χ2n) is 3.86. The molecule has 0 spiro atoms. The summed E-state index contributed by atoms with van der Waals surface area (Å²) in [6, 6.07) is 4.40. The van der Waals surface area contributed by atoms with E-state index >= 15 is 0 Å². The second-order valence-corrected chi connectivity index (χ2v) is 6.48. The van der Waals surface area contributed by atoms with Crippen molar-refractivity contribution < 1.29 is 13.2 Å². The molecule has 1 rings (SSSR count). The van der Waals surface area contributed by atoms with Crippen molar-refractivity contribution >= 4 is 50.0 Å². The number of halogens is 2. The van der Waals surface area contributed by atoms with Gasteiger partial charge in [0.15, 0.2) is 0 Å². The van der Waals surface area contributed by atoms with E-state index in [1.54, 1.807) is 0 Å². The van der Waals surface area contributed by atoms with Crippen molar-refractivity contribution in [3.63, 3.8) is 0 Å². The molecule has 0 aliphatic heterocycles. The first-order chi connectivity index (χ1) is 8.86. The van der Waals surface area contributed by atoms with E-state index in [4.69, 9.17) is 5.73 Å². The highest BCUT2D eigenvalue weighted by atomic mass is 79.9. The number of hydrogen-bond acceptors (Lipinski definition) is 4. The van der Waals surface area contributed by atoms with Crippen LogP contribution in [0.25, 0.3) is 0 Å². The molecule has 1 aromatic rings. The van der Waals surface area contributed by atoms with Gasteiger partial charge in [-0.15, -0.1) is 12.4 Å². The lowest BCUT2D eigenvalue weighted by atomic mass is 10.3. The van der Waals surface area contributed by atoms with E-state index < -0.39 is 10.0 Å². The standard InChI is InChI=1S/C11H16BrN3O3S.ClH/c1-8(16)15-11-4-3-9(7-10(11)12)19(17,18)14-6-2-5-13;/h3-4,7,14H,2,5-6,13H2,1H3,(H,15,16);1H. The summed E-state index contributed by atoms with van der Waals surface area (Å²) in [5.41, 5.74) is 5.83. The Bertz CT molecular complexity index is 566. The molecule has 0 aliphatic carbocycles. The number of rotatable bonds is 6. The predicted octanol–water partition coefficient (Wildman–Crippen LogP) is 1.46. The maximum atomic E-state index is 11.9. The van der Waals surface area contributed by atoms with Crippen LogP contribution >= 0.6 is 28.3 Å². The Morgan fingerprint density at radius 1 is 1.40 bits per heavy atom. The Morgan fingerprint density at radius 2 is 2.05 bits per heavy atom. The van der Waals surface area contributed by atoms with Gasteiger partial charge in [0.2, 0.25) is 15.9 Å². The van der Waals surface area contributed by atoms with Crippen molar-refractivity contribution in [1.82, 2.24) is 4.72 Å². The first-order valence-corrected chi connectivity index (χ1v) is 7.91. The lowest BCUT2D eigenvalue weighted by Gasteiger charge is -2.09. The summed E-state index contributed by atoms with van der Waals surface area (Å²) in [6.07, 6.45) is 0.574. The molecule has 9 heteroatoms. The highest BCUT2D eigenvalue weighted by Crippen LogP contribution is 2.25. The van der Waals surface area contributed by atoms with Gasteiger partial charge in [-0.25, -0.2) is 13.1 Å². The van der Waals surface area contributed by atoms with Gasteiger partial charge in [0.05, 0.1) is 10.6 Å². The number of carbonyl (C=O) groups is 1. The molecule has 0 unspecified atom stereocenters. The molecular weight excluding hydrogens is 370 g/mol. The van der Waals surface area contributed by atoms with Gasteiger partial charge in [-0.2, -0.15) is 0 Å². The summed E-state index contributed by atoms with van der Waals surface area (Å²) >= 11 is 3.22. The Balaban J connectivity index is 0.00000361. The van der Waals surface area contributed by atoms with E-state index in [1.807, 2.05) is 0 Å². The molecule has 4 N–H and O–H groups in total. The molecule has 0 bridgehead atoms. The third kappa shape index (κ3) is 5.76. The van der Waals surface area contributed by atoms with Crippen LogP contribution in [0, 0.1) is 0 Å². The van der Waals surface area contributed by atoms with E-state index in [0.29, 0.717) is 29.7 Å². The van der Waals surface area contributed by atoms with Gasteiger partial charge in [0, 0.05) is 17.9 Å². The molecule has 20 heavy (non-hydrogen) atoms. The minimum Gasteiger partial charge on any atom is -0.330 e. The van der Waals surface area contributed by atoms with Gasteiger partial charge >= 0.3 is 0 Å². The summed E-state index contributed by atoms with van der Waals surface area (Å²) in [5.74, 6) is -0.225. The van der Waals surface area contributed by atoms with E-state index in [0.717, 1.165) is 0 Å². The van der Waals surface area contributed by atoms with E-state index in [-0.39, 0.29) is 23.2 Å². The molecule has 0 aromatic heterocycles. The van der Waals surface area contributed by atoms with Crippen LogP contribution in [0.1, 0.15) is 13.3 Å². The van der Waals surface area contributed by atoms with Crippen LogP contribution in [0.3, 0.4) is 0 Å². The van der Waals surface area contributed by atoms with Crippen molar-refractivity contribution in [2.24, 2.45) is 5.73 Å². The number of hydrogen-bond donors (Lipinski definition) is 3. The molecule has 0 saturated carbocycles. The average molecular weight is 387 g/mol. The molecule has 0 aliphatic rings. The van der Waals surface area contributed by atoms with Gasteiger partial charge in [0.25, 0.3) is 0 Å². The summed E-state index contributed by atoms with van der Waals surface area (Å²) in [7, 11) is -3.55. The summed E-state index contributed by atoms with van der Waals surface area (Å²) < 4.78 is 26.8. The Kier molecular flexibility index (Phi) is 8.29. The molecular formula is C11H17BrClN3O3S. The maximum absolute atomic E-state index is 11.9. The quantitative estimate of drug-likeness (QED) is 0.644. The second kappa shape index (κ2) is 8.58. The normalized spacial score (nSPS) is 10.8. The zero-order valence-corrected chi connectivity index (χ0v) is 14.1. The van der Waals surface area contributed by atoms with Gasteiger partial charge in [0.1, 0.15) is 0 Å². The number of carbonyl (C=O) groups excluding carboxylic acids is 1. The lowest BCUT2D eigenvalue weighted by molar-refractivity contribution is -0.114. The number of nitrogens with one attached hydrogen (secondary N) is 2. The van der Waals surface area contributed by atoms with E-state index in [9.17, 15) is 13.2 Å². The number of anilines is 1. The lowest BCUT2D eigenvalue weighted by Crippen LogP contribution is -2.26. The average Bonchev–Trinajstić information content (AvgIpc) is 2.31. The van der Waals surface area contributed by atoms with Crippen molar-refractivity contribution in [1.29, 1.82) is 0 Å². The molecule has 0 heterocycles. The van der Waals surface area contributed by atoms with Crippen LogP contribution < -0.4 is 15.8 Å². The van der Waals surface area contributed by atoms with E-state index in [1.165, 1.54) is 25.1 Å². The van der Waals surface area contributed by atoms with Gasteiger partial charge in [-0.3, -0.25) is 4.79 Å². The van der Waals surface area contributed by atoms with Crippen molar-refractivity contribution in [2.45, 2.75) is 18.2 Å². The number of nitrogens with two attached hydrogens (primary N) is 1. The topological polar surface area (TPSA) is 101 Å². The van der Waals surface area contributed by atoms with Gasteiger partial charge in [-0.05, 0) is 47.1 Å². The molecule has 6 nitrogen and oxygen atoms in total. The number of benzene rings is 1. The van der Waals surface area contributed by atoms with Crippen LogP contribution in [-0.2, 0) is 14.8 Å². The maximum Gasteiger partial charge on any atom is 0.240 e. The molecule has 0 radical (unpaired) electrons. The van der Waals surface area contributed by atoms with Crippen molar-refractivity contribution in [3.05, 3.63) is 22.7 Å². The molecule has 114 valence electrons. The van der Waals surface area contributed by atoms with Crippen molar-refractivity contribution in [2.75, 3.05) is 18.4 Å². The minimum absolute atomic E-state index is 0. The first kappa shape index (κ1) is 19.3. The Labute approximate surface area is 133 Å². The third-order valence-electron chi connectivity index (χ3n) is 2.23. The van der Waals surface area contributed by atoms with E-state index in [2.05, 4.69) is 26.0 Å². The number of sulfonamides is 1. The van der Waals surface area contributed by atoms with Crippen LogP contribution in [0.15, 0.2) is 27.6 Å². The molecule has 1 aromatic carbocycles. The smallest absolute Gasteiger partial charge is 0.240 e. The molecule has 0 fully saturated rings. The fourth-order valence-electron chi connectivity index (χ4n) is 1.35. The highest BCUT2D eigenvalue weighted by Gasteiger charge is 2.15. The SMILES string of the molecule is CC(=O)Nc1ccc(S(=O)(=O)NCCCN)cc1Br.Cl. The van der Waals surface area contributed by atoms with Gasteiger partial charge in [-0.1, -0.05) is 0 Å².